The number of hydrogen-bond acceptors (Lipinski definition) is 4. The second kappa shape index (κ2) is 6.92. The van der Waals surface area contributed by atoms with E-state index in [1.54, 1.807) is 30.5 Å². The Labute approximate surface area is 155 Å². The smallest absolute Gasteiger partial charge is 0.339 e. The molecule has 0 unspecified atom stereocenters. The number of fused-ring (bicyclic) bond motifs is 1. The summed E-state index contributed by atoms with van der Waals surface area (Å²) in [6, 6.07) is 14.7. The first kappa shape index (κ1) is 16.8. The van der Waals surface area contributed by atoms with E-state index in [2.05, 4.69) is 15.0 Å². The monoisotopic (exact) mass is 359 g/mol. The molecule has 4 rings (SSSR count). The summed E-state index contributed by atoms with van der Waals surface area (Å²) in [5.74, 6) is -0.110. The van der Waals surface area contributed by atoms with Crippen LogP contribution in [-0.2, 0) is 0 Å². The van der Waals surface area contributed by atoms with Crippen molar-refractivity contribution in [1.29, 1.82) is 0 Å². The largest absolute Gasteiger partial charge is 0.493 e. The zero-order valence-corrected chi connectivity index (χ0v) is 14.6. The highest BCUT2D eigenvalue weighted by Crippen LogP contribution is 2.29. The number of carboxylic acids is 1. The maximum Gasteiger partial charge on any atom is 0.339 e. The van der Waals surface area contributed by atoms with Gasteiger partial charge in [0.25, 0.3) is 0 Å². The second-order valence-corrected chi connectivity index (χ2v) is 5.96. The summed E-state index contributed by atoms with van der Waals surface area (Å²) >= 11 is 0. The predicted molar refractivity (Wildman–Crippen MR) is 103 cm³/mol. The number of aromatic nitrogens is 3. The summed E-state index contributed by atoms with van der Waals surface area (Å²) in [6.45, 7) is 2.22. The van der Waals surface area contributed by atoms with Crippen molar-refractivity contribution in [2.45, 2.75) is 6.92 Å². The van der Waals surface area contributed by atoms with Gasteiger partial charge in [-0.2, -0.15) is 0 Å². The number of benzene rings is 2. The average Bonchev–Trinajstić information content (AvgIpc) is 3.13. The van der Waals surface area contributed by atoms with Crippen molar-refractivity contribution < 1.29 is 14.6 Å². The van der Waals surface area contributed by atoms with Crippen molar-refractivity contribution in [3.8, 4) is 28.4 Å². The number of H-pyrrole nitrogens is 1. The Kier molecular flexibility index (Phi) is 4.30. The lowest BCUT2D eigenvalue weighted by molar-refractivity contribution is 0.0692. The summed E-state index contributed by atoms with van der Waals surface area (Å²) in [4.78, 5) is 23.8. The van der Waals surface area contributed by atoms with Crippen LogP contribution in [-0.4, -0.2) is 32.6 Å². The van der Waals surface area contributed by atoms with Crippen molar-refractivity contribution in [3.05, 3.63) is 66.5 Å². The topological polar surface area (TPSA) is 88.1 Å². The quantitative estimate of drug-likeness (QED) is 0.552. The molecule has 27 heavy (non-hydrogen) atoms. The van der Waals surface area contributed by atoms with Crippen LogP contribution in [0.5, 0.6) is 5.75 Å². The van der Waals surface area contributed by atoms with Crippen LogP contribution in [0.4, 0.5) is 0 Å². The first-order chi connectivity index (χ1) is 13.2. The summed E-state index contributed by atoms with van der Waals surface area (Å²) in [7, 11) is 0. The second-order valence-electron chi connectivity index (χ2n) is 5.96. The molecule has 0 saturated carbocycles. The van der Waals surface area contributed by atoms with E-state index in [4.69, 9.17) is 4.74 Å². The van der Waals surface area contributed by atoms with E-state index in [1.807, 2.05) is 37.4 Å². The van der Waals surface area contributed by atoms with Gasteiger partial charge in [-0.15, -0.1) is 0 Å². The Balaban J connectivity index is 1.79. The van der Waals surface area contributed by atoms with Crippen LogP contribution in [0, 0.1) is 0 Å². The Hall–Kier alpha value is -3.67. The number of ether oxygens (including phenoxy) is 1. The van der Waals surface area contributed by atoms with E-state index in [9.17, 15) is 9.90 Å². The van der Waals surface area contributed by atoms with Crippen molar-refractivity contribution in [2.24, 2.45) is 0 Å². The molecule has 6 heteroatoms. The fourth-order valence-electron chi connectivity index (χ4n) is 3.04. The SMILES string of the molecule is CCOc1ccc(-c2ccnc(-c3c[nH]c4ccccc34)n2)cc1C(=O)O. The van der Waals surface area contributed by atoms with Crippen LogP contribution in [0.3, 0.4) is 0 Å². The third-order valence-electron chi connectivity index (χ3n) is 4.29. The maximum atomic E-state index is 11.6. The van der Waals surface area contributed by atoms with Gasteiger partial charge in [0.2, 0.25) is 0 Å². The molecular weight excluding hydrogens is 342 g/mol. The number of carbonyl (C=O) groups is 1. The van der Waals surface area contributed by atoms with Crippen molar-refractivity contribution in [1.82, 2.24) is 15.0 Å². The highest BCUT2D eigenvalue weighted by atomic mass is 16.5. The number of nitrogens with zero attached hydrogens (tertiary/aromatic N) is 2. The highest BCUT2D eigenvalue weighted by molar-refractivity contribution is 5.94. The molecule has 0 radical (unpaired) electrons. The molecule has 0 bridgehead atoms. The minimum Gasteiger partial charge on any atom is -0.493 e. The molecule has 2 N–H and O–H groups in total. The number of carboxylic acid groups (broad SMARTS) is 1. The number of para-hydroxylation sites is 1. The lowest BCUT2D eigenvalue weighted by Gasteiger charge is -2.09. The fraction of sp³-hybridized carbons (Fsp3) is 0.0952. The Morgan fingerprint density at radius 1 is 1.19 bits per heavy atom. The summed E-state index contributed by atoms with van der Waals surface area (Å²) in [6.07, 6.45) is 3.56. The zero-order valence-electron chi connectivity index (χ0n) is 14.6. The predicted octanol–water partition coefficient (Wildman–Crippen LogP) is 4.39. The molecule has 0 spiro atoms. The lowest BCUT2D eigenvalue weighted by atomic mass is 10.1. The lowest BCUT2D eigenvalue weighted by Crippen LogP contribution is -2.03. The van der Waals surface area contributed by atoms with Gasteiger partial charge >= 0.3 is 5.97 Å². The van der Waals surface area contributed by atoms with Crippen LogP contribution < -0.4 is 4.74 Å². The van der Waals surface area contributed by atoms with Gasteiger partial charge in [-0.1, -0.05) is 18.2 Å². The molecule has 2 heterocycles. The molecule has 2 aromatic carbocycles. The number of hydrogen-bond donors (Lipinski definition) is 2. The number of aromatic carboxylic acids is 1. The molecule has 0 fully saturated rings. The third kappa shape index (κ3) is 3.13. The fourth-order valence-corrected chi connectivity index (χ4v) is 3.04. The normalized spacial score (nSPS) is 10.9. The van der Waals surface area contributed by atoms with Gasteiger partial charge in [0, 0.05) is 34.4 Å². The molecule has 0 aliphatic heterocycles. The van der Waals surface area contributed by atoms with Crippen molar-refractivity contribution in [2.75, 3.05) is 6.61 Å². The number of aromatic amines is 1. The van der Waals surface area contributed by atoms with Crippen LogP contribution >= 0.6 is 0 Å². The van der Waals surface area contributed by atoms with Gasteiger partial charge < -0.3 is 14.8 Å². The van der Waals surface area contributed by atoms with Crippen molar-refractivity contribution in [3.63, 3.8) is 0 Å². The van der Waals surface area contributed by atoms with Crippen LogP contribution in [0.25, 0.3) is 33.5 Å². The number of nitrogens with one attached hydrogen (secondary N) is 1. The van der Waals surface area contributed by atoms with Crippen LogP contribution in [0.1, 0.15) is 17.3 Å². The molecule has 4 aromatic rings. The minimum absolute atomic E-state index is 0.113. The molecular formula is C21H17N3O3. The van der Waals surface area contributed by atoms with E-state index in [0.717, 1.165) is 16.5 Å². The molecule has 0 aliphatic rings. The highest BCUT2D eigenvalue weighted by Gasteiger charge is 2.15. The molecule has 0 aliphatic carbocycles. The van der Waals surface area contributed by atoms with E-state index in [0.29, 0.717) is 29.4 Å². The molecule has 6 nitrogen and oxygen atoms in total. The number of rotatable bonds is 5. The Morgan fingerprint density at radius 2 is 2.04 bits per heavy atom. The Morgan fingerprint density at radius 3 is 2.85 bits per heavy atom. The summed E-state index contributed by atoms with van der Waals surface area (Å²) < 4.78 is 5.40. The van der Waals surface area contributed by atoms with Crippen LogP contribution in [0.15, 0.2) is 60.9 Å². The van der Waals surface area contributed by atoms with Gasteiger partial charge in [-0.3, -0.25) is 0 Å². The summed E-state index contributed by atoms with van der Waals surface area (Å²) in [5, 5.41) is 10.5. The summed E-state index contributed by atoms with van der Waals surface area (Å²) in [5.41, 5.74) is 3.37. The average molecular weight is 359 g/mol. The van der Waals surface area contributed by atoms with Gasteiger partial charge in [0.15, 0.2) is 5.82 Å². The van der Waals surface area contributed by atoms with Crippen molar-refractivity contribution >= 4 is 16.9 Å². The van der Waals surface area contributed by atoms with Gasteiger partial charge in [-0.25, -0.2) is 14.8 Å². The van der Waals surface area contributed by atoms with E-state index in [-0.39, 0.29) is 5.56 Å². The molecule has 134 valence electrons. The molecule has 0 atom stereocenters. The third-order valence-corrected chi connectivity index (χ3v) is 4.29. The van der Waals surface area contributed by atoms with Gasteiger partial charge in [0.05, 0.1) is 12.3 Å². The zero-order chi connectivity index (χ0) is 18.8. The van der Waals surface area contributed by atoms with Gasteiger partial charge in [0.1, 0.15) is 11.3 Å². The van der Waals surface area contributed by atoms with E-state index >= 15 is 0 Å². The molecule has 0 amide bonds. The van der Waals surface area contributed by atoms with Crippen LogP contribution in [0.2, 0.25) is 0 Å². The van der Waals surface area contributed by atoms with Gasteiger partial charge in [-0.05, 0) is 37.3 Å². The molecule has 0 saturated heterocycles. The first-order valence-electron chi connectivity index (χ1n) is 8.57. The van der Waals surface area contributed by atoms with E-state index in [1.165, 1.54) is 0 Å². The molecule has 2 aromatic heterocycles. The first-order valence-corrected chi connectivity index (χ1v) is 8.57. The minimum atomic E-state index is -1.04. The standard InChI is InChI=1S/C21H17N3O3/c1-2-27-19-8-7-13(11-15(19)21(25)26)17-9-10-22-20(24-17)16-12-23-18-6-4-3-5-14(16)18/h3-12,23H,2H2,1H3,(H,25,26). The maximum absolute atomic E-state index is 11.6. The Bertz CT molecular complexity index is 1130. The van der Waals surface area contributed by atoms with E-state index < -0.39 is 5.97 Å².